The second-order valence-electron chi connectivity index (χ2n) is 9.59. The van der Waals surface area contributed by atoms with E-state index in [9.17, 15) is 22.8 Å². The lowest BCUT2D eigenvalue weighted by atomic mass is 9.95. The number of nitrogens with zero attached hydrogens (tertiary/aromatic N) is 4. The van der Waals surface area contributed by atoms with Crippen LogP contribution in [0, 0.1) is 12.3 Å². The molecule has 11 heteroatoms. The van der Waals surface area contributed by atoms with Crippen molar-refractivity contribution < 1.29 is 22.8 Å². The van der Waals surface area contributed by atoms with E-state index in [1.54, 1.807) is 58.0 Å². The van der Waals surface area contributed by atoms with E-state index in [-0.39, 0.29) is 18.1 Å². The second kappa shape index (κ2) is 9.64. The average Bonchev–Trinajstić information content (AvgIpc) is 3.27. The van der Waals surface area contributed by atoms with Gasteiger partial charge in [-0.1, -0.05) is 32.9 Å². The molecule has 0 aliphatic rings. The summed E-state index contributed by atoms with van der Waals surface area (Å²) in [6, 6.07) is 11.7. The summed E-state index contributed by atoms with van der Waals surface area (Å²) in [4.78, 5) is 25.3. The van der Waals surface area contributed by atoms with E-state index in [4.69, 9.17) is 0 Å². The molecule has 192 valence electrons. The van der Waals surface area contributed by atoms with Crippen molar-refractivity contribution in [1.82, 2.24) is 25.3 Å². The first-order chi connectivity index (χ1) is 17.3. The molecule has 0 unspecified atom stereocenters. The minimum Gasteiger partial charge on any atom is -0.352 e. The van der Waals surface area contributed by atoms with Crippen LogP contribution in [0.4, 0.5) is 18.9 Å². The van der Waals surface area contributed by atoms with E-state index in [1.807, 2.05) is 0 Å². The Bertz CT molecular complexity index is 1470. The van der Waals surface area contributed by atoms with Crippen molar-refractivity contribution in [2.24, 2.45) is 5.41 Å². The molecular formula is C26H25F3N6O2. The SMILES string of the molecule is Cc1ccc(-n2ncc3c(NC(=O)c4cc(CNC(=O)C(C)(C)C)ccc4C(F)(F)F)cccc32)nn1. The second-order valence-corrected chi connectivity index (χ2v) is 9.59. The monoisotopic (exact) mass is 510 g/mol. The molecule has 37 heavy (non-hydrogen) atoms. The third-order valence-corrected chi connectivity index (χ3v) is 5.63. The topological polar surface area (TPSA) is 102 Å². The largest absolute Gasteiger partial charge is 0.417 e. The number of hydrogen-bond acceptors (Lipinski definition) is 5. The number of nitrogens with one attached hydrogen (secondary N) is 2. The van der Waals surface area contributed by atoms with Crippen LogP contribution in [0.1, 0.15) is 48.0 Å². The minimum absolute atomic E-state index is 0.0194. The number of aryl methyl sites for hydroxylation is 1. The molecule has 4 aromatic rings. The standard InChI is InChI=1S/C26H25F3N6O2/c1-15-8-11-22(34-33-15)35-21-7-5-6-20(18(21)14-31-35)32-23(36)17-12-16(9-10-19(17)26(27,28)29)13-30-24(37)25(2,3)4/h5-12,14H,13H2,1-4H3,(H,30,37)(H,32,36). The lowest BCUT2D eigenvalue weighted by molar-refractivity contribution is -0.138. The Morgan fingerprint density at radius 2 is 1.76 bits per heavy atom. The third kappa shape index (κ3) is 5.60. The molecule has 0 bridgehead atoms. The molecule has 0 aliphatic heterocycles. The average molecular weight is 511 g/mol. The van der Waals surface area contributed by atoms with Gasteiger partial charge >= 0.3 is 6.18 Å². The van der Waals surface area contributed by atoms with Crippen molar-refractivity contribution in [3.05, 3.63) is 77.1 Å². The summed E-state index contributed by atoms with van der Waals surface area (Å²) in [5.41, 5.74) is -0.329. The maximum absolute atomic E-state index is 13.7. The highest BCUT2D eigenvalue weighted by atomic mass is 19.4. The zero-order valence-electron chi connectivity index (χ0n) is 20.6. The number of fused-ring (bicyclic) bond motifs is 1. The predicted molar refractivity (Wildman–Crippen MR) is 132 cm³/mol. The Balaban J connectivity index is 1.66. The number of carbonyl (C=O) groups is 2. The van der Waals surface area contributed by atoms with Gasteiger partial charge in [0.05, 0.1) is 34.2 Å². The van der Waals surface area contributed by atoms with Crippen molar-refractivity contribution in [3.63, 3.8) is 0 Å². The normalized spacial score (nSPS) is 12.0. The highest BCUT2D eigenvalue weighted by Crippen LogP contribution is 2.33. The molecule has 0 radical (unpaired) electrons. The molecule has 0 fully saturated rings. The third-order valence-electron chi connectivity index (χ3n) is 5.63. The molecule has 0 atom stereocenters. The Morgan fingerprint density at radius 3 is 2.41 bits per heavy atom. The number of carbonyl (C=O) groups excluding carboxylic acids is 2. The van der Waals surface area contributed by atoms with Crippen molar-refractivity contribution in [2.75, 3.05) is 5.32 Å². The Kier molecular flexibility index (Phi) is 6.72. The predicted octanol–water partition coefficient (Wildman–Crippen LogP) is 5.06. The zero-order chi connectivity index (χ0) is 27.0. The molecule has 2 amide bonds. The van der Waals surface area contributed by atoms with Crippen LogP contribution in [0.5, 0.6) is 0 Å². The van der Waals surface area contributed by atoms with Crippen LogP contribution in [0.15, 0.2) is 54.7 Å². The molecule has 2 aromatic carbocycles. The van der Waals surface area contributed by atoms with Crippen molar-refractivity contribution >= 4 is 28.4 Å². The van der Waals surface area contributed by atoms with E-state index in [1.165, 1.54) is 16.9 Å². The smallest absolute Gasteiger partial charge is 0.352 e. The van der Waals surface area contributed by atoms with Gasteiger partial charge in [-0.25, -0.2) is 4.68 Å². The minimum atomic E-state index is -4.75. The first-order valence-electron chi connectivity index (χ1n) is 11.4. The highest BCUT2D eigenvalue weighted by Gasteiger charge is 2.35. The summed E-state index contributed by atoms with van der Waals surface area (Å²) in [6.07, 6.45) is -3.25. The molecule has 2 heterocycles. The van der Waals surface area contributed by atoms with Gasteiger partial charge in [0, 0.05) is 17.3 Å². The van der Waals surface area contributed by atoms with Crippen LogP contribution in [-0.2, 0) is 17.5 Å². The summed E-state index contributed by atoms with van der Waals surface area (Å²) in [7, 11) is 0. The summed E-state index contributed by atoms with van der Waals surface area (Å²) in [6.45, 7) is 6.95. The van der Waals surface area contributed by atoms with Crippen LogP contribution >= 0.6 is 0 Å². The summed E-state index contributed by atoms with van der Waals surface area (Å²) >= 11 is 0. The fourth-order valence-electron chi connectivity index (χ4n) is 3.62. The van der Waals surface area contributed by atoms with Gasteiger partial charge in [0.2, 0.25) is 5.91 Å². The molecule has 0 spiro atoms. The number of hydrogen-bond donors (Lipinski definition) is 2. The van der Waals surface area contributed by atoms with Gasteiger partial charge in [-0.05, 0) is 48.9 Å². The van der Waals surface area contributed by atoms with E-state index >= 15 is 0 Å². The molecule has 8 nitrogen and oxygen atoms in total. The van der Waals surface area contributed by atoms with Gasteiger partial charge in [-0.15, -0.1) is 5.10 Å². The van der Waals surface area contributed by atoms with Gasteiger partial charge in [0.15, 0.2) is 5.82 Å². The van der Waals surface area contributed by atoms with Crippen LogP contribution in [0.3, 0.4) is 0 Å². The lowest BCUT2D eigenvalue weighted by Gasteiger charge is -2.18. The van der Waals surface area contributed by atoms with E-state index in [0.717, 1.165) is 17.8 Å². The van der Waals surface area contributed by atoms with Crippen molar-refractivity contribution in [1.29, 1.82) is 0 Å². The fourth-order valence-corrected chi connectivity index (χ4v) is 3.62. The number of benzene rings is 2. The highest BCUT2D eigenvalue weighted by molar-refractivity contribution is 6.09. The molecule has 0 saturated heterocycles. The molecule has 2 N–H and O–H groups in total. The van der Waals surface area contributed by atoms with Gasteiger partial charge < -0.3 is 10.6 Å². The maximum atomic E-state index is 13.7. The molecule has 0 aliphatic carbocycles. The first kappa shape index (κ1) is 25.8. The van der Waals surface area contributed by atoms with Crippen LogP contribution in [-0.4, -0.2) is 31.8 Å². The number of aromatic nitrogens is 4. The number of anilines is 1. The summed E-state index contributed by atoms with van der Waals surface area (Å²) in [5.74, 6) is -0.750. The Hall–Kier alpha value is -4.28. The van der Waals surface area contributed by atoms with Crippen LogP contribution in [0.2, 0.25) is 0 Å². The lowest BCUT2D eigenvalue weighted by Crippen LogP contribution is -2.34. The Morgan fingerprint density at radius 1 is 1.00 bits per heavy atom. The van der Waals surface area contributed by atoms with Crippen molar-refractivity contribution in [2.45, 2.75) is 40.4 Å². The van der Waals surface area contributed by atoms with E-state index < -0.39 is 28.6 Å². The molecular weight excluding hydrogens is 485 g/mol. The fraction of sp³-hybridized carbons (Fsp3) is 0.269. The number of halogens is 3. The van der Waals surface area contributed by atoms with Crippen molar-refractivity contribution in [3.8, 4) is 5.82 Å². The zero-order valence-corrected chi connectivity index (χ0v) is 20.6. The number of rotatable bonds is 5. The quantitative estimate of drug-likeness (QED) is 0.391. The Labute approximate surface area is 210 Å². The first-order valence-corrected chi connectivity index (χ1v) is 11.4. The molecule has 4 rings (SSSR count). The summed E-state index contributed by atoms with van der Waals surface area (Å²) < 4.78 is 42.8. The maximum Gasteiger partial charge on any atom is 0.417 e. The van der Waals surface area contributed by atoms with Gasteiger partial charge in [-0.2, -0.15) is 23.4 Å². The van der Waals surface area contributed by atoms with E-state index in [0.29, 0.717) is 22.3 Å². The van der Waals surface area contributed by atoms with Gasteiger partial charge in [0.25, 0.3) is 5.91 Å². The molecule has 0 saturated carbocycles. The van der Waals surface area contributed by atoms with E-state index in [2.05, 4.69) is 25.9 Å². The van der Waals surface area contributed by atoms with Gasteiger partial charge in [0.1, 0.15) is 0 Å². The van der Waals surface area contributed by atoms with Crippen LogP contribution < -0.4 is 10.6 Å². The van der Waals surface area contributed by atoms with Gasteiger partial charge in [-0.3, -0.25) is 9.59 Å². The van der Waals surface area contributed by atoms with Crippen LogP contribution in [0.25, 0.3) is 16.7 Å². The summed E-state index contributed by atoms with van der Waals surface area (Å²) in [5, 5.41) is 18.2. The molecule has 2 aromatic heterocycles. The number of alkyl halides is 3. The number of amides is 2.